The minimum atomic E-state index is -3.56. The highest BCUT2D eigenvalue weighted by Crippen LogP contribution is 2.26. The molecule has 188 valence electrons. The number of aryl methyl sites for hydroxylation is 4. The van der Waals surface area contributed by atoms with Gasteiger partial charge in [0.2, 0.25) is 15.0 Å². The van der Waals surface area contributed by atoms with E-state index in [2.05, 4.69) is 15.0 Å². The fraction of sp³-hybridized carbons (Fsp3) is 0.346. The van der Waals surface area contributed by atoms with Gasteiger partial charge in [0.25, 0.3) is 5.56 Å². The van der Waals surface area contributed by atoms with Gasteiger partial charge in [-0.25, -0.2) is 13.4 Å². The largest absolute Gasteiger partial charge is 0.295 e. The standard InChI is InChI=1S/C26H29N5O3S2/c1-17-5-7-21(8-6-17)25-28-31-24(32)15-22(27-26(31)35-25)16-29-9-11-30(12-10-29)36(33,34)23-14-19(3)18(2)13-20(23)4/h5-8,13-15H,9-12,16H2,1-4H3. The van der Waals surface area contributed by atoms with E-state index in [1.165, 1.54) is 21.9 Å². The van der Waals surface area contributed by atoms with Crippen LogP contribution in [0, 0.1) is 27.7 Å². The summed E-state index contributed by atoms with van der Waals surface area (Å²) in [5.74, 6) is 0. The fourth-order valence-electron chi connectivity index (χ4n) is 4.46. The Balaban J connectivity index is 1.30. The van der Waals surface area contributed by atoms with Gasteiger partial charge < -0.3 is 0 Å². The topological polar surface area (TPSA) is 87.9 Å². The average Bonchev–Trinajstić information content (AvgIpc) is 3.27. The number of piperazine rings is 1. The summed E-state index contributed by atoms with van der Waals surface area (Å²) >= 11 is 1.39. The quantitative estimate of drug-likeness (QED) is 0.398. The molecule has 36 heavy (non-hydrogen) atoms. The molecule has 3 heterocycles. The van der Waals surface area contributed by atoms with Crippen LogP contribution < -0.4 is 5.56 Å². The lowest BCUT2D eigenvalue weighted by molar-refractivity contribution is 0.180. The van der Waals surface area contributed by atoms with Crippen LogP contribution >= 0.6 is 11.3 Å². The highest BCUT2D eigenvalue weighted by molar-refractivity contribution is 7.89. The molecule has 5 rings (SSSR count). The molecule has 0 bridgehead atoms. The van der Waals surface area contributed by atoms with Gasteiger partial charge in [-0.15, -0.1) is 0 Å². The van der Waals surface area contributed by atoms with Crippen molar-refractivity contribution in [1.29, 1.82) is 0 Å². The maximum absolute atomic E-state index is 13.3. The molecule has 0 amide bonds. The lowest BCUT2D eigenvalue weighted by Gasteiger charge is -2.34. The van der Waals surface area contributed by atoms with Gasteiger partial charge in [-0.1, -0.05) is 47.2 Å². The van der Waals surface area contributed by atoms with Gasteiger partial charge in [-0.05, 0) is 50.5 Å². The van der Waals surface area contributed by atoms with E-state index in [9.17, 15) is 13.2 Å². The average molecular weight is 524 g/mol. The summed E-state index contributed by atoms with van der Waals surface area (Å²) in [6.07, 6.45) is 0. The minimum absolute atomic E-state index is 0.212. The van der Waals surface area contributed by atoms with E-state index >= 15 is 0 Å². The second kappa shape index (κ2) is 9.51. The van der Waals surface area contributed by atoms with E-state index in [4.69, 9.17) is 0 Å². The number of nitrogens with zero attached hydrogens (tertiary/aromatic N) is 5. The summed E-state index contributed by atoms with van der Waals surface area (Å²) in [4.78, 5) is 20.5. The van der Waals surface area contributed by atoms with Gasteiger partial charge >= 0.3 is 0 Å². The monoisotopic (exact) mass is 523 g/mol. The van der Waals surface area contributed by atoms with Crippen LogP contribution in [0.25, 0.3) is 15.5 Å². The van der Waals surface area contributed by atoms with Crippen LogP contribution in [0.5, 0.6) is 0 Å². The molecule has 0 aliphatic carbocycles. The van der Waals surface area contributed by atoms with Crippen molar-refractivity contribution in [3.8, 4) is 10.6 Å². The van der Waals surface area contributed by atoms with Crippen LogP contribution in [0.3, 0.4) is 0 Å². The molecule has 0 atom stereocenters. The zero-order valence-corrected chi connectivity index (χ0v) is 22.5. The fourth-order valence-corrected chi connectivity index (χ4v) is 7.10. The van der Waals surface area contributed by atoms with Crippen molar-refractivity contribution in [1.82, 2.24) is 23.8 Å². The summed E-state index contributed by atoms with van der Waals surface area (Å²) in [5.41, 5.74) is 5.40. The lowest BCUT2D eigenvalue weighted by atomic mass is 10.1. The van der Waals surface area contributed by atoms with E-state index < -0.39 is 10.0 Å². The van der Waals surface area contributed by atoms with Crippen molar-refractivity contribution < 1.29 is 8.42 Å². The van der Waals surface area contributed by atoms with Crippen molar-refractivity contribution >= 4 is 26.3 Å². The molecular formula is C26H29N5O3S2. The Labute approximate surface area is 214 Å². The summed E-state index contributed by atoms with van der Waals surface area (Å²) < 4.78 is 29.5. The van der Waals surface area contributed by atoms with Gasteiger partial charge in [0.15, 0.2) is 0 Å². The third-order valence-electron chi connectivity index (χ3n) is 6.72. The van der Waals surface area contributed by atoms with Gasteiger partial charge in [0.1, 0.15) is 5.01 Å². The number of aromatic nitrogens is 3. The Morgan fingerprint density at radius 1 is 0.889 bits per heavy atom. The molecule has 1 fully saturated rings. The number of benzene rings is 2. The maximum atomic E-state index is 13.3. The van der Waals surface area contributed by atoms with E-state index in [-0.39, 0.29) is 5.56 Å². The molecule has 0 N–H and O–H groups in total. The van der Waals surface area contributed by atoms with E-state index in [1.807, 2.05) is 58.0 Å². The Kier molecular flexibility index (Phi) is 6.54. The highest BCUT2D eigenvalue weighted by atomic mass is 32.2. The third-order valence-corrected chi connectivity index (χ3v) is 9.72. The van der Waals surface area contributed by atoms with Crippen LogP contribution in [0.2, 0.25) is 0 Å². The van der Waals surface area contributed by atoms with E-state index in [0.29, 0.717) is 48.3 Å². The second-order valence-electron chi connectivity index (χ2n) is 9.44. The molecule has 2 aromatic carbocycles. The van der Waals surface area contributed by atoms with Crippen LogP contribution in [0.15, 0.2) is 52.2 Å². The van der Waals surface area contributed by atoms with Crippen molar-refractivity contribution in [3.63, 3.8) is 0 Å². The molecule has 4 aromatic rings. The summed E-state index contributed by atoms with van der Waals surface area (Å²) in [6, 6.07) is 13.3. The molecule has 8 nitrogen and oxygen atoms in total. The van der Waals surface area contributed by atoms with E-state index in [1.54, 1.807) is 10.4 Å². The van der Waals surface area contributed by atoms with Gasteiger partial charge in [-0.3, -0.25) is 9.69 Å². The molecule has 0 spiro atoms. The Hall–Kier alpha value is -2.92. The summed E-state index contributed by atoms with van der Waals surface area (Å²) in [6.45, 7) is 10.2. The molecule has 0 saturated carbocycles. The summed E-state index contributed by atoms with van der Waals surface area (Å²) in [5, 5.41) is 5.21. The first-order valence-electron chi connectivity index (χ1n) is 11.9. The Morgan fingerprint density at radius 3 is 2.25 bits per heavy atom. The predicted molar refractivity (Wildman–Crippen MR) is 142 cm³/mol. The SMILES string of the molecule is Cc1ccc(-c2nn3c(=O)cc(CN4CCN(S(=O)(=O)c5cc(C)c(C)cc5C)CC4)nc3s2)cc1. The zero-order valence-electron chi connectivity index (χ0n) is 20.9. The molecule has 1 aliphatic heterocycles. The van der Waals surface area contributed by atoms with Crippen molar-refractivity contribution in [2.24, 2.45) is 0 Å². The van der Waals surface area contributed by atoms with Gasteiger partial charge in [0, 0.05) is 44.4 Å². The van der Waals surface area contributed by atoms with Crippen molar-refractivity contribution in [2.45, 2.75) is 39.1 Å². The number of sulfonamides is 1. The highest BCUT2D eigenvalue weighted by Gasteiger charge is 2.30. The first-order chi connectivity index (χ1) is 17.1. The van der Waals surface area contributed by atoms with Crippen LogP contribution in [0.1, 0.15) is 27.9 Å². The molecule has 1 saturated heterocycles. The van der Waals surface area contributed by atoms with Crippen LogP contribution in [-0.2, 0) is 16.6 Å². The van der Waals surface area contributed by atoms with Gasteiger partial charge in [-0.2, -0.15) is 13.9 Å². The second-order valence-corrected chi connectivity index (χ2v) is 12.3. The molecule has 0 unspecified atom stereocenters. The van der Waals surface area contributed by atoms with Crippen LogP contribution in [-0.4, -0.2) is 58.4 Å². The lowest BCUT2D eigenvalue weighted by Crippen LogP contribution is -2.48. The number of hydrogen-bond acceptors (Lipinski definition) is 7. The third kappa shape index (κ3) is 4.73. The zero-order chi connectivity index (χ0) is 25.6. The minimum Gasteiger partial charge on any atom is -0.295 e. The Bertz CT molecular complexity index is 1600. The predicted octanol–water partition coefficient (Wildman–Crippen LogP) is 3.56. The molecule has 1 aliphatic rings. The van der Waals surface area contributed by atoms with Gasteiger partial charge in [0.05, 0.1) is 10.6 Å². The van der Waals surface area contributed by atoms with Crippen molar-refractivity contribution in [3.05, 3.63) is 80.8 Å². The number of rotatable bonds is 5. The van der Waals surface area contributed by atoms with E-state index in [0.717, 1.165) is 32.8 Å². The summed E-state index contributed by atoms with van der Waals surface area (Å²) in [7, 11) is -3.56. The molecule has 2 aromatic heterocycles. The normalized spacial score (nSPS) is 15.6. The first-order valence-corrected chi connectivity index (χ1v) is 14.1. The molecular weight excluding hydrogens is 494 g/mol. The van der Waals surface area contributed by atoms with Crippen LogP contribution in [0.4, 0.5) is 0 Å². The number of hydrogen-bond donors (Lipinski definition) is 0. The molecule has 10 heteroatoms. The first kappa shape index (κ1) is 24.8. The smallest absolute Gasteiger partial charge is 0.275 e. The van der Waals surface area contributed by atoms with Crippen molar-refractivity contribution in [2.75, 3.05) is 26.2 Å². The molecule has 0 radical (unpaired) electrons. The Morgan fingerprint density at radius 2 is 1.56 bits per heavy atom. The number of fused-ring (bicyclic) bond motifs is 1. The maximum Gasteiger partial charge on any atom is 0.275 e.